The third-order valence-electron chi connectivity index (χ3n) is 3.56. The highest BCUT2D eigenvalue weighted by molar-refractivity contribution is 6.09. The standard InChI is InChI=1S/C17H10F6N2O2/c18-10-4-9-13(5-11(10)19)24-6-14(9)25-16(26)8-1-2-15(12(20)3-8)27-7-17(21,22)23/h1-6,24H,7H2,(H,25,26). The van der Waals surface area contributed by atoms with Crippen molar-refractivity contribution in [2.45, 2.75) is 6.18 Å². The van der Waals surface area contributed by atoms with Crippen LogP contribution in [0.3, 0.4) is 0 Å². The first kappa shape index (κ1) is 18.6. The van der Waals surface area contributed by atoms with Gasteiger partial charge in [-0.1, -0.05) is 0 Å². The highest BCUT2D eigenvalue weighted by Crippen LogP contribution is 2.27. The predicted molar refractivity (Wildman–Crippen MR) is 84.1 cm³/mol. The zero-order valence-corrected chi connectivity index (χ0v) is 13.3. The van der Waals surface area contributed by atoms with Crippen LogP contribution in [0.25, 0.3) is 10.9 Å². The summed E-state index contributed by atoms with van der Waals surface area (Å²) in [6.07, 6.45) is -3.34. The monoisotopic (exact) mass is 388 g/mol. The number of benzene rings is 2. The Morgan fingerprint density at radius 3 is 2.41 bits per heavy atom. The van der Waals surface area contributed by atoms with Gasteiger partial charge in [0.1, 0.15) is 0 Å². The quantitative estimate of drug-likeness (QED) is 0.632. The largest absolute Gasteiger partial charge is 0.481 e. The molecular formula is C17H10F6N2O2. The van der Waals surface area contributed by atoms with Crippen LogP contribution in [0.2, 0.25) is 0 Å². The minimum absolute atomic E-state index is 0.117. The van der Waals surface area contributed by atoms with E-state index in [1.54, 1.807) is 0 Å². The lowest BCUT2D eigenvalue weighted by Gasteiger charge is -2.11. The van der Waals surface area contributed by atoms with Crippen LogP contribution in [0.15, 0.2) is 36.5 Å². The normalized spacial score (nSPS) is 11.6. The van der Waals surface area contributed by atoms with Crippen molar-refractivity contribution in [3.8, 4) is 5.75 Å². The van der Waals surface area contributed by atoms with Crippen molar-refractivity contribution >= 4 is 22.5 Å². The molecule has 142 valence electrons. The first-order chi connectivity index (χ1) is 12.6. The number of H-pyrrole nitrogens is 1. The molecule has 1 heterocycles. The number of hydrogen-bond acceptors (Lipinski definition) is 2. The van der Waals surface area contributed by atoms with E-state index in [-0.39, 0.29) is 22.2 Å². The molecular weight excluding hydrogens is 378 g/mol. The topological polar surface area (TPSA) is 54.1 Å². The van der Waals surface area contributed by atoms with Gasteiger partial charge in [-0.25, -0.2) is 13.2 Å². The first-order valence-electron chi connectivity index (χ1n) is 7.40. The molecule has 0 fully saturated rings. The van der Waals surface area contributed by atoms with Crippen molar-refractivity contribution in [2.24, 2.45) is 0 Å². The molecule has 0 saturated heterocycles. The third-order valence-corrected chi connectivity index (χ3v) is 3.56. The van der Waals surface area contributed by atoms with Gasteiger partial charge in [0, 0.05) is 23.2 Å². The fraction of sp³-hybridized carbons (Fsp3) is 0.118. The number of amides is 1. The fourth-order valence-corrected chi connectivity index (χ4v) is 2.33. The van der Waals surface area contributed by atoms with Gasteiger partial charge in [0.15, 0.2) is 29.8 Å². The van der Waals surface area contributed by atoms with E-state index >= 15 is 0 Å². The summed E-state index contributed by atoms with van der Waals surface area (Å²) in [6.45, 7) is -1.67. The van der Waals surface area contributed by atoms with Gasteiger partial charge in [-0.05, 0) is 24.3 Å². The summed E-state index contributed by atoms with van der Waals surface area (Å²) < 4.78 is 81.1. The molecule has 27 heavy (non-hydrogen) atoms. The highest BCUT2D eigenvalue weighted by atomic mass is 19.4. The zero-order valence-electron chi connectivity index (χ0n) is 13.3. The van der Waals surface area contributed by atoms with E-state index in [4.69, 9.17) is 0 Å². The zero-order chi connectivity index (χ0) is 19.8. The van der Waals surface area contributed by atoms with E-state index < -0.39 is 41.9 Å². The smallest absolute Gasteiger partial charge is 0.422 e. The lowest BCUT2D eigenvalue weighted by molar-refractivity contribution is -0.153. The molecule has 0 unspecified atom stereocenters. The number of halogens is 6. The van der Waals surface area contributed by atoms with Crippen LogP contribution in [-0.4, -0.2) is 23.7 Å². The summed E-state index contributed by atoms with van der Waals surface area (Å²) in [4.78, 5) is 14.9. The molecule has 2 aromatic carbocycles. The summed E-state index contributed by atoms with van der Waals surface area (Å²) in [5, 5.41) is 2.57. The Kier molecular flexibility index (Phi) is 4.73. The average Bonchev–Trinajstić information content (AvgIpc) is 2.95. The second-order valence-electron chi connectivity index (χ2n) is 5.52. The number of ether oxygens (including phenoxy) is 1. The van der Waals surface area contributed by atoms with Crippen LogP contribution in [-0.2, 0) is 0 Å². The molecule has 0 atom stereocenters. The highest BCUT2D eigenvalue weighted by Gasteiger charge is 2.29. The van der Waals surface area contributed by atoms with E-state index in [0.29, 0.717) is 6.07 Å². The number of aromatic nitrogens is 1. The van der Waals surface area contributed by atoms with Gasteiger partial charge in [0.2, 0.25) is 0 Å². The number of hydrogen-bond donors (Lipinski definition) is 2. The molecule has 0 spiro atoms. The number of alkyl halides is 3. The molecule has 3 rings (SSSR count). The Morgan fingerprint density at radius 2 is 1.74 bits per heavy atom. The van der Waals surface area contributed by atoms with Crippen LogP contribution in [0, 0.1) is 17.5 Å². The molecule has 0 aliphatic rings. The van der Waals surface area contributed by atoms with Gasteiger partial charge in [-0.3, -0.25) is 4.79 Å². The molecule has 0 aliphatic heterocycles. The van der Waals surface area contributed by atoms with Crippen LogP contribution in [0.5, 0.6) is 5.75 Å². The van der Waals surface area contributed by atoms with Crippen molar-refractivity contribution in [2.75, 3.05) is 11.9 Å². The van der Waals surface area contributed by atoms with E-state index in [0.717, 1.165) is 24.3 Å². The maximum atomic E-state index is 13.8. The van der Waals surface area contributed by atoms with Gasteiger partial charge in [0.25, 0.3) is 5.91 Å². The molecule has 2 N–H and O–H groups in total. The third kappa shape index (κ3) is 4.15. The predicted octanol–water partition coefficient (Wildman–Crippen LogP) is 4.78. The molecule has 1 aromatic heterocycles. The van der Waals surface area contributed by atoms with Gasteiger partial charge < -0.3 is 15.0 Å². The van der Waals surface area contributed by atoms with Crippen molar-refractivity contribution in [1.82, 2.24) is 4.98 Å². The Morgan fingerprint density at radius 1 is 1.04 bits per heavy atom. The van der Waals surface area contributed by atoms with Gasteiger partial charge >= 0.3 is 6.18 Å². The van der Waals surface area contributed by atoms with Crippen LogP contribution >= 0.6 is 0 Å². The lowest BCUT2D eigenvalue weighted by atomic mass is 10.1. The number of carbonyl (C=O) groups is 1. The number of anilines is 1. The minimum Gasteiger partial charge on any atom is -0.481 e. The lowest BCUT2D eigenvalue weighted by Crippen LogP contribution is -2.20. The summed E-state index contributed by atoms with van der Waals surface area (Å²) in [7, 11) is 0. The molecule has 0 bridgehead atoms. The number of carbonyl (C=O) groups excluding carboxylic acids is 1. The Hall–Kier alpha value is -3.17. The molecule has 0 saturated carbocycles. The average molecular weight is 388 g/mol. The van der Waals surface area contributed by atoms with Crippen molar-refractivity contribution in [3.63, 3.8) is 0 Å². The number of aromatic amines is 1. The fourth-order valence-electron chi connectivity index (χ4n) is 2.33. The molecule has 3 aromatic rings. The number of fused-ring (bicyclic) bond motifs is 1. The molecule has 4 nitrogen and oxygen atoms in total. The van der Waals surface area contributed by atoms with E-state index in [2.05, 4.69) is 15.0 Å². The van der Waals surface area contributed by atoms with E-state index in [1.807, 2.05) is 0 Å². The Labute approximate surface area is 147 Å². The summed E-state index contributed by atoms with van der Waals surface area (Å²) in [6, 6.07) is 4.45. The van der Waals surface area contributed by atoms with Crippen LogP contribution in [0.1, 0.15) is 10.4 Å². The maximum Gasteiger partial charge on any atom is 0.422 e. The van der Waals surface area contributed by atoms with Crippen molar-refractivity contribution in [3.05, 3.63) is 59.5 Å². The number of rotatable bonds is 4. The SMILES string of the molecule is O=C(Nc1c[nH]c2cc(F)c(F)cc12)c1ccc(OCC(F)(F)F)c(F)c1. The summed E-state index contributed by atoms with van der Waals surface area (Å²) in [5.41, 5.74) is 0.141. The summed E-state index contributed by atoms with van der Waals surface area (Å²) in [5.74, 6) is -4.80. The molecule has 0 radical (unpaired) electrons. The van der Waals surface area contributed by atoms with E-state index in [1.165, 1.54) is 6.20 Å². The molecule has 0 aliphatic carbocycles. The second kappa shape index (κ2) is 6.86. The van der Waals surface area contributed by atoms with Crippen LogP contribution in [0.4, 0.5) is 32.0 Å². The molecule has 10 heteroatoms. The molecule has 1 amide bonds. The Bertz CT molecular complexity index is 1010. The van der Waals surface area contributed by atoms with Gasteiger partial charge in [-0.2, -0.15) is 13.2 Å². The minimum atomic E-state index is -4.63. The van der Waals surface area contributed by atoms with Crippen molar-refractivity contribution in [1.29, 1.82) is 0 Å². The van der Waals surface area contributed by atoms with Gasteiger partial charge in [-0.15, -0.1) is 0 Å². The maximum absolute atomic E-state index is 13.8. The van der Waals surface area contributed by atoms with Crippen molar-refractivity contribution < 1.29 is 35.9 Å². The Balaban J connectivity index is 1.79. The van der Waals surface area contributed by atoms with Crippen LogP contribution < -0.4 is 10.1 Å². The number of nitrogens with one attached hydrogen (secondary N) is 2. The summed E-state index contributed by atoms with van der Waals surface area (Å²) >= 11 is 0. The second-order valence-corrected chi connectivity index (χ2v) is 5.52. The van der Waals surface area contributed by atoms with E-state index in [9.17, 15) is 31.1 Å². The van der Waals surface area contributed by atoms with Gasteiger partial charge in [0.05, 0.1) is 11.2 Å². The first-order valence-corrected chi connectivity index (χ1v) is 7.40.